The van der Waals surface area contributed by atoms with Crippen LogP contribution in [0.25, 0.3) is 0 Å². The van der Waals surface area contributed by atoms with E-state index in [-0.39, 0.29) is 5.92 Å². The Morgan fingerprint density at radius 2 is 2.05 bits per heavy atom. The molecular weight excluding hydrogens is 292 g/mol. The zero-order valence-electron chi connectivity index (χ0n) is 12.9. The van der Waals surface area contributed by atoms with Gasteiger partial charge in [0, 0.05) is 19.0 Å². The van der Waals surface area contributed by atoms with E-state index >= 15 is 0 Å². The quantitative estimate of drug-likeness (QED) is 0.841. The zero-order valence-corrected chi connectivity index (χ0v) is 13.7. The summed E-state index contributed by atoms with van der Waals surface area (Å²) in [5, 5.41) is 7.29. The second-order valence-electron chi connectivity index (χ2n) is 6.01. The molecule has 0 aliphatic carbocycles. The normalized spacial score (nSPS) is 18.5. The minimum absolute atomic E-state index is 0.186. The summed E-state index contributed by atoms with van der Waals surface area (Å²) in [4.78, 5) is 4.41. The van der Waals surface area contributed by atoms with Crippen molar-refractivity contribution in [1.82, 2.24) is 19.8 Å². The van der Waals surface area contributed by atoms with Crippen molar-refractivity contribution in [2.45, 2.75) is 39.2 Å². The summed E-state index contributed by atoms with van der Waals surface area (Å²) in [6, 6.07) is 0. The second kappa shape index (κ2) is 6.85. The molecule has 1 aromatic rings. The molecule has 1 fully saturated rings. The number of sulfonamides is 1. The molecule has 0 amide bonds. The molecule has 1 saturated heterocycles. The highest BCUT2D eigenvalue weighted by Gasteiger charge is 2.28. The Morgan fingerprint density at radius 3 is 2.62 bits per heavy atom. The summed E-state index contributed by atoms with van der Waals surface area (Å²) in [5.41, 5.74) is 0. The maximum Gasteiger partial charge on any atom is 0.240 e. The van der Waals surface area contributed by atoms with Gasteiger partial charge in [-0.25, -0.2) is 12.7 Å². The standard InChI is InChI=1S/C13H24N4O3S/c1-10(2)8-14-9-12-15-13(16-20-12)11-4-6-17(7-5-11)21(3,18)19/h10-11,14H,4-9H2,1-3H3. The fourth-order valence-electron chi connectivity index (χ4n) is 2.42. The zero-order chi connectivity index (χ0) is 15.5. The predicted molar refractivity (Wildman–Crippen MR) is 79.2 cm³/mol. The van der Waals surface area contributed by atoms with Crippen LogP contribution in [0.15, 0.2) is 4.52 Å². The molecule has 0 unspecified atom stereocenters. The van der Waals surface area contributed by atoms with Crippen molar-refractivity contribution in [2.75, 3.05) is 25.9 Å². The van der Waals surface area contributed by atoms with Crippen molar-refractivity contribution in [2.24, 2.45) is 5.92 Å². The molecule has 2 rings (SSSR count). The van der Waals surface area contributed by atoms with E-state index in [1.807, 2.05) is 0 Å². The van der Waals surface area contributed by atoms with Gasteiger partial charge >= 0.3 is 0 Å². The van der Waals surface area contributed by atoms with Crippen LogP contribution in [0.1, 0.15) is 44.3 Å². The van der Waals surface area contributed by atoms with E-state index in [0.29, 0.717) is 37.3 Å². The molecule has 0 atom stereocenters. The van der Waals surface area contributed by atoms with Gasteiger partial charge in [0.05, 0.1) is 12.8 Å². The highest BCUT2D eigenvalue weighted by Crippen LogP contribution is 2.26. The van der Waals surface area contributed by atoms with Crippen molar-refractivity contribution >= 4 is 10.0 Å². The van der Waals surface area contributed by atoms with Gasteiger partial charge in [0.25, 0.3) is 0 Å². The third-order valence-electron chi connectivity index (χ3n) is 3.60. The highest BCUT2D eigenvalue weighted by molar-refractivity contribution is 7.88. The molecule has 8 heteroatoms. The van der Waals surface area contributed by atoms with Crippen LogP contribution in [0.3, 0.4) is 0 Å². The molecule has 21 heavy (non-hydrogen) atoms. The number of hydrogen-bond donors (Lipinski definition) is 1. The molecule has 0 radical (unpaired) electrons. The number of piperidine rings is 1. The van der Waals surface area contributed by atoms with Crippen molar-refractivity contribution in [3.05, 3.63) is 11.7 Å². The van der Waals surface area contributed by atoms with Crippen molar-refractivity contribution < 1.29 is 12.9 Å². The lowest BCUT2D eigenvalue weighted by atomic mass is 9.98. The van der Waals surface area contributed by atoms with E-state index < -0.39 is 10.0 Å². The summed E-state index contributed by atoms with van der Waals surface area (Å²) >= 11 is 0. The minimum atomic E-state index is -3.09. The van der Waals surface area contributed by atoms with Crippen molar-refractivity contribution in [1.29, 1.82) is 0 Å². The number of aromatic nitrogens is 2. The van der Waals surface area contributed by atoms with Gasteiger partial charge in [0.2, 0.25) is 15.9 Å². The molecule has 1 aliphatic rings. The second-order valence-corrected chi connectivity index (χ2v) is 7.99. The molecule has 1 aliphatic heterocycles. The smallest absolute Gasteiger partial charge is 0.240 e. The Labute approximate surface area is 126 Å². The van der Waals surface area contributed by atoms with Gasteiger partial charge < -0.3 is 9.84 Å². The fourth-order valence-corrected chi connectivity index (χ4v) is 3.29. The number of nitrogens with zero attached hydrogens (tertiary/aromatic N) is 3. The molecular formula is C13H24N4O3S. The first-order chi connectivity index (χ1) is 9.86. The number of nitrogens with one attached hydrogen (secondary N) is 1. The van der Waals surface area contributed by atoms with E-state index in [2.05, 4.69) is 29.3 Å². The van der Waals surface area contributed by atoms with Gasteiger partial charge in [-0.15, -0.1) is 0 Å². The summed E-state index contributed by atoms with van der Waals surface area (Å²) in [6.07, 6.45) is 2.73. The SMILES string of the molecule is CC(C)CNCc1nc(C2CCN(S(C)(=O)=O)CC2)no1. The monoisotopic (exact) mass is 316 g/mol. The van der Waals surface area contributed by atoms with Crippen LogP contribution in [-0.4, -0.2) is 48.8 Å². The Morgan fingerprint density at radius 1 is 1.38 bits per heavy atom. The Balaban J connectivity index is 1.85. The lowest BCUT2D eigenvalue weighted by Crippen LogP contribution is -2.37. The molecule has 0 bridgehead atoms. The molecule has 0 spiro atoms. The van der Waals surface area contributed by atoms with Gasteiger partial charge in [-0.1, -0.05) is 19.0 Å². The van der Waals surface area contributed by atoms with E-state index in [1.54, 1.807) is 0 Å². The van der Waals surface area contributed by atoms with Crippen molar-refractivity contribution in [3.8, 4) is 0 Å². The van der Waals surface area contributed by atoms with E-state index in [0.717, 1.165) is 19.4 Å². The predicted octanol–water partition coefficient (Wildman–Crippen LogP) is 0.954. The molecule has 0 saturated carbocycles. The van der Waals surface area contributed by atoms with Gasteiger partial charge in [-0.05, 0) is 25.3 Å². The van der Waals surface area contributed by atoms with E-state index in [1.165, 1.54) is 10.6 Å². The molecule has 1 aromatic heterocycles. The first kappa shape index (κ1) is 16.4. The minimum Gasteiger partial charge on any atom is -0.338 e. The van der Waals surface area contributed by atoms with Crippen LogP contribution in [0, 0.1) is 5.92 Å². The Hall–Kier alpha value is -0.990. The molecule has 0 aromatic carbocycles. The first-order valence-corrected chi connectivity index (χ1v) is 9.19. The summed E-state index contributed by atoms with van der Waals surface area (Å²) in [5.74, 6) is 2.05. The maximum absolute atomic E-state index is 11.5. The lowest BCUT2D eigenvalue weighted by molar-refractivity contribution is 0.305. The lowest BCUT2D eigenvalue weighted by Gasteiger charge is -2.28. The average Bonchev–Trinajstić information content (AvgIpc) is 2.86. The van der Waals surface area contributed by atoms with Gasteiger partial charge in [0.1, 0.15) is 0 Å². The molecule has 1 N–H and O–H groups in total. The average molecular weight is 316 g/mol. The van der Waals surface area contributed by atoms with Crippen LogP contribution in [0.5, 0.6) is 0 Å². The number of rotatable bonds is 6. The van der Waals surface area contributed by atoms with E-state index in [9.17, 15) is 8.42 Å². The highest BCUT2D eigenvalue weighted by atomic mass is 32.2. The Kier molecular flexibility index (Phi) is 5.34. The third-order valence-corrected chi connectivity index (χ3v) is 4.90. The van der Waals surface area contributed by atoms with Gasteiger partial charge in [-0.3, -0.25) is 0 Å². The third kappa shape index (κ3) is 4.76. The van der Waals surface area contributed by atoms with Crippen LogP contribution < -0.4 is 5.32 Å². The van der Waals surface area contributed by atoms with Gasteiger partial charge in [0.15, 0.2) is 5.82 Å². The summed E-state index contributed by atoms with van der Waals surface area (Å²) < 4.78 is 29.7. The van der Waals surface area contributed by atoms with E-state index in [4.69, 9.17) is 4.52 Å². The van der Waals surface area contributed by atoms with Crippen LogP contribution >= 0.6 is 0 Å². The van der Waals surface area contributed by atoms with Crippen molar-refractivity contribution in [3.63, 3.8) is 0 Å². The molecule has 2 heterocycles. The first-order valence-electron chi connectivity index (χ1n) is 7.34. The topological polar surface area (TPSA) is 88.3 Å². The maximum atomic E-state index is 11.5. The Bertz CT molecular complexity index is 548. The summed E-state index contributed by atoms with van der Waals surface area (Å²) in [6.45, 7) is 6.82. The van der Waals surface area contributed by atoms with Crippen LogP contribution in [-0.2, 0) is 16.6 Å². The van der Waals surface area contributed by atoms with Crippen LogP contribution in [0.4, 0.5) is 0 Å². The molecule has 120 valence electrons. The fraction of sp³-hybridized carbons (Fsp3) is 0.846. The van der Waals surface area contributed by atoms with Gasteiger partial charge in [-0.2, -0.15) is 4.98 Å². The van der Waals surface area contributed by atoms with Crippen LogP contribution in [0.2, 0.25) is 0 Å². The molecule has 7 nitrogen and oxygen atoms in total. The largest absolute Gasteiger partial charge is 0.338 e. The number of hydrogen-bond acceptors (Lipinski definition) is 6. The summed E-state index contributed by atoms with van der Waals surface area (Å²) in [7, 11) is -3.09.